The fourth-order valence-corrected chi connectivity index (χ4v) is 1.31. The molecule has 0 spiro atoms. The van der Waals surface area contributed by atoms with Crippen molar-refractivity contribution in [3.63, 3.8) is 0 Å². The number of nitriles is 1. The van der Waals surface area contributed by atoms with E-state index in [2.05, 4.69) is 5.32 Å². The van der Waals surface area contributed by atoms with Crippen molar-refractivity contribution in [3.05, 3.63) is 0 Å². The Bertz CT molecular complexity index is 197. The highest BCUT2D eigenvalue weighted by atomic mass is 32.2. The molecule has 0 aromatic carbocycles. The number of nitrogens with one attached hydrogen (secondary N) is 1. The third kappa shape index (κ3) is 5.83. The van der Waals surface area contributed by atoms with E-state index < -0.39 is 0 Å². The van der Waals surface area contributed by atoms with Crippen molar-refractivity contribution in [2.45, 2.75) is 13.3 Å². The maximum Gasteiger partial charge on any atom is 0.239 e. The summed E-state index contributed by atoms with van der Waals surface area (Å²) in [6.07, 6.45) is -0.135. The quantitative estimate of drug-likeness (QED) is 0.658. The summed E-state index contributed by atoms with van der Waals surface area (Å²) in [5.41, 5.74) is 0. The van der Waals surface area contributed by atoms with Gasteiger partial charge in [0.15, 0.2) is 0 Å². The molecule has 0 saturated carbocycles. The van der Waals surface area contributed by atoms with Crippen LogP contribution in [-0.2, 0) is 4.79 Å². The molecule has 60 valence electrons. The first-order valence-corrected chi connectivity index (χ1v) is 4.43. The SMILES string of the molecule is CCSC(=S)NC(=O)CC#N. The van der Waals surface area contributed by atoms with Crippen molar-refractivity contribution in [3.8, 4) is 6.07 Å². The average molecular weight is 188 g/mol. The van der Waals surface area contributed by atoms with E-state index in [1.807, 2.05) is 6.92 Å². The monoisotopic (exact) mass is 188 g/mol. The summed E-state index contributed by atoms with van der Waals surface area (Å²) in [5, 5.41) is 10.5. The first-order valence-electron chi connectivity index (χ1n) is 3.04. The van der Waals surface area contributed by atoms with Crippen LogP contribution in [0.2, 0.25) is 0 Å². The van der Waals surface area contributed by atoms with E-state index in [0.29, 0.717) is 4.32 Å². The van der Waals surface area contributed by atoms with Gasteiger partial charge in [-0.25, -0.2) is 0 Å². The summed E-state index contributed by atoms with van der Waals surface area (Å²) in [4.78, 5) is 10.7. The van der Waals surface area contributed by atoms with Gasteiger partial charge in [-0.3, -0.25) is 4.79 Å². The van der Waals surface area contributed by atoms with Gasteiger partial charge in [-0.1, -0.05) is 30.9 Å². The van der Waals surface area contributed by atoms with Gasteiger partial charge in [0.25, 0.3) is 0 Å². The summed E-state index contributed by atoms with van der Waals surface area (Å²) in [7, 11) is 0. The standard InChI is InChI=1S/C6H8N2OS2/c1-2-11-6(10)8-5(9)3-4-7/h2-3H2,1H3,(H,8,9,10). The summed E-state index contributed by atoms with van der Waals surface area (Å²) in [6.45, 7) is 1.94. The second-order valence-corrected chi connectivity index (χ2v) is 3.54. The van der Waals surface area contributed by atoms with Gasteiger partial charge in [0.1, 0.15) is 10.7 Å². The zero-order valence-corrected chi connectivity index (χ0v) is 7.72. The Morgan fingerprint density at radius 3 is 2.91 bits per heavy atom. The molecular weight excluding hydrogens is 180 g/mol. The van der Waals surface area contributed by atoms with Gasteiger partial charge < -0.3 is 5.32 Å². The highest BCUT2D eigenvalue weighted by molar-refractivity contribution is 8.23. The van der Waals surface area contributed by atoms with Crippen molar-refractivity contribution >= 4 is 34.2 Å². The van der Waals surface area contributed by atoms with E-state index in [4.69, 9.17) is 17.5 Å². The zero-order valence-electron chi connectivity index (χ0n) is 6.09. The molecule has 0 heterocycles. The predicted molar refractivity (Wildman–Crippen MR) is 49.1 cm³/mol. The van der Waals surface area contributed by atoms with Crippen LogP contribution in [0, 0.1) is 11.3 Å². The molecule has 0 atom stereocenters. The van der Waals surface area contributed by atoms with Gasteiger partial charge in [-0.15, -0.1) is 0 Å². The van der Waals surface area contributed by atoms with E-state index in [1.165, 1.54) is 11.8 Å². The summed E-state index contributed by atoms with van der Waals surface area (Å²) >= 11 is 6.14. The van der Waals surface area contributed by atoms with E-state index >= 15 is 0 Å². The van der Waals surface area contributed by atoms with Crippen molar-refractivity contribution < 1.29 is 4.79 Å². The maximum absolute atomic E-state index is 10.7. The number of hydrogen-bond acceptors (Lipinski definition) is 4. The molecule has 1 amide bonds. The normalized spacial score (nSPS) is 8.36. The number of amides is 1. The van der Waals surface area contributed by atoms with Gasteiger partial charge in [0.05, 0.1) is 6.07 Å². The Labute approximate surface area is 75.1 Å². The van der Waals surface area contributed by atoms with Crippen molar-refractivity contribution in [2.75, 3.05) is 5.75 Å². The van der Waals surface area contributed by atoms with Crippen molar-refractivity contribution in [1.29, 1.82) is 5.26 Å². The molecule has 0 aromatic heterocycles. The number of hydrogen-bond donors (Lipinski definition) is 1. The van der Waals surface area contributed by atoms with Crippen LogP contribution in [0.5, 0.6) is 0 Å². The minimum Gasteiger partial charge on any atom is -0.311 e. The molecule has 0 rings (SSSR count). The number of thiocarbonyl (C=S) groups is 1. The molecule has 5 heteroatoms. The molecule has 0 aliphatic carbocycles. The number of rotatable bonds is 2. The number of thioether (sulfide) groups is 1. The molecule has 0 aromatic rings. The van der Waals surface area contributed by atoms with Crippen LogP contribution in [0.15, 0.2) is 0 Å². The lowest BCUT2D eigenvalue weighted by atomic mass is 10.4. The summed E-state index contributed by atoms with van der Waals surface area (Å²) < 4.78 is 0.438. The lowest BCUT2D eigenvalue weighted by molar-refractivity contribution is -0.118. The fraction of sp³-hybridized carbons (Fsp3) is 0.500. The molecule has 0 radical (unpaired) electrons. The van der Waals surface area contributed by atoms with Crippen LogP contribution in [0.1, 0.15) is 13.3 Å². The van der Waals surface area contributed by atoms with Crippen LogP contribution >= 0.6 is 24.0 Å². The van der Waals surface area contributed by atoms with Gasteiger partial charge in [-0.05, 0) is 5.75 Å². The summed E-state index contributed by atoms with van der Waals surface area (Å²) in [6, 6.07) is 1.73. The van der Waals surface area contributed by atoms with Gasteiger partial charge in [0, 0.05) is 0 Å². The lowest BCUT2D eigenvalue weighted by Gasteiger charge is -2.00. The fourth-order valence-electron chi connectivity index (χ4n) is 0.397. The molecule has 0 saturated heterocycles. The number of nitrogens with zero attached hydrogens (tertiary/aromatic N) is 1. The minimum absolute atomic E-state index is 0.135. The minimum atomic E-state index is -0.335. The first-order chi connectivity index (χ1) is 5.20. The highest BCUT2D eigenvalue weighted by Crippen LogP contribution is 1.99. The van der Waals surface area contributed by atoms with Crippen LogP contribution in [0.25, 0.3) is 0 Å². The second kappa shape index (κ2) is 6.13. The molecule has 0 bridgehead atoms. The smallest absolute Gasteiger partial charge is 0.239 e. The number of carbonyl (C=O) groups is 1. The summed E-state index contributed by atoms with van der Waals surface area (Å²) in [5.74, 6) is 0.490. The maximum atomic E-state index is 10.7. The van der Waals surface area contributed by atoms with Crippen LogP contribution in [-0.4, -0.2) is 16.0 Å². The van der Waals surface area contributed by atoms with E-state index in [9.17, 15) is 4.79 Å². The van der Waals surface area contributed by atoms with E-state index in [0.717, 1.165) is 5.75 Å². The Hall–Kier alpha value is -0.600. The Morgan fingerprint density at radius 1 is 1.82 bits per heavy atom. The third-order valence-corrected chi connectivity index (χ3v) is 1.87. The molecular formula is C6H8N2OS2. The van der Waals surface area contributed by atoms with Gasteiger partial charge in [-0.2, -0.15) is 5.26 Å². The first kappa shape index (κ1) is 10.4. The highest BCUT2D eigenvalue weighted by Gasteiger charge is 2.01. The Balaban J connectivity index is 3.60. The average Bonchev–Trinajstić information content (AvgIpc) is 1.87. The van der Waals surface area contributed by atoms with E-state index in [-0.39, 0.29) is 12.3 Å². The molecule has 1 N–H and O–H groups in total. The number of carbonyl (C=O) groups excluding carboxylic acids is 1. The Kier molecular flexibility index (Phi) is 5.80. The molecule has 3 nitrogen and oxygen atoms in total. The molecule has 0 fully saturated rings. The van der Waals surface area contributed by atoms with Crippen LogP contribution in [0.3, 0.4) is 0 Å². The van der Waals surface area contributed by atoms with E-state index in [1.54, 1.807) is 6.07 Å². The van der Waals surface area contributed by atoms with Gasteiger partial charge >= 0.3 is 0 Å². The van der Waals surface area contributed by atoms with Crippen LogP contribution < -0.4 is 5.32 Å². The second-order valence-electron chi connectivity index (χ2n) is 1.60. The predicted octanol–water partition coefficient (Wildman–Crippen LogP) is 1.05. The molecule has 0 aliphatic heterocycles. The molecule has 0 aliphatic rings. The molecule has 11 heavy (non-hydrogen) atoms. The van der Waals surface area contributed by atoms with Gasteiger partial charge in [0.2, 0.25) is 5.91 Å². The lowest BCUT2D eigenvalue weighted by Crippen LogP contribution is -2.26. The van der Waals surface area contributed by atoms with Crippen molar-refractivity contribution in [1.82, 2.24) is 5.32 Å². The van der Waals surface area contributed by atoms with Crippen molar-refractivity contribution in [2.24, 2.45) is 0 Å². The Morgan fingerprint density at radius 2 is 2.45 bits per heavy atom. The van der Waals surface area contributed by atoms with Crippen LogP contribution in [0.4, 0.5) is 0 Å². The zero-order chi connectivity index (χ0) is 8.69. The molecule has 0 unspecified atom stereocenters. The largest absolute Gasteiger partial charge is 0.311 e. The topological polar surface area (TPSA) is 52.9 Å². The third-order valence-electron chi connectivity index (χ3n) is 0.757.